The summed E-state index contributed by atoms with van der Waals surface area (Å²) in [5, 5.41) is 0. The lowest BCUT2D eigenvalue weighted by molar-refractivity contribution is -0.122. The molecule has 0 aliphatic carbocycles. The van der Waals surface area contributed by atoms with Crippen LogP contribution in [0, 0.1) is 5.92 Å². The number of hydrogen-bond donors (Lipinski definition) is 1. The molecule has 0 aromatic carbocycles. The van der Waals surface area contributed by atoms with Crippen molar-refractivity contribution in [3.05, 3.63) is 12.2 Å². The van der Waals surface area contributed by atoms with Crippen LogP contribution in [0.25, 0.3) is 0 Å². The number of primary amides is 1. The van der Waals surface area contributed by atoms with E-state index in [1.807, 2.05) is 0 Å². The minimum Gasteiger partial charge on any atom is -0.369 e. The topological polar surface area (TPSA) is 43.1 Å². The van der Waals surface area contributed by atoms with Crippen molar-refractivity contribution in [2.45, 2.75) is 97.3 Å². The summed E-state index contributed by atoms with van der Waals surface area (Å²) in [7, 11) is 0. The van der Waals surface area contributed by atoms with Gasteiger partial charge >= 0.3 is 0 Å². The zero-order valence-electron chi connectivity index (χ0n) is 15.2. The Morgan fingerprint density at radius 3 is 1.83 bits per heavy atom. The van der Waals surface area contributed by atoms with Gasteiger partial charge in [-0.1, -0.05) is 77.4 Å². The predicted molar refractivity (Wildman–Crippen MR) is 108 cm³/mol. The fourth-order valence-corrected chi connectivity index (χ4v) is 2.71. The number of carbonyl (C=O) groups is 1. The lowest BCUT2D eigenvalue weighted by Gasteiger charge is -2.09. The number of nitrogens with two attached hydrogens (primary N) is 1. The molecule has 0 saturated carbocycles. The van der Waals surface area contributed by atoms with Crippen LogP contribution in [0.1, 0.15) is 97.3 Å². The van der Waals surface area contributed by atoms with Crippen molar-refractivity contribution in [3.63, 3.8) is 0 Å². The Hall–Kier alpha value is -0.210. The highest BCUT2D eigenvalue weighted by Crippen LogP contribution is 2.14. The van der Waals surface area contributed by atoms with Gasteiger partial charge in [0.15, 0.2) is 0 Å². The number of unbranched alkanes of at least 4 members (excludes halogenated alkanes) is 8. The number of amides is 1. The third-order valence-electron chi connectivity index (χ3n) is 4.11. The highest BCUT2D eigenvalue weighted by molar-refractivity contribution is 5.85. The Balaban J connectivity index is -0.00000200. The molecular weight excluding hydrogens is 329 g/mol. The SMILES string of the molecule is CCCCCCCCCCC=CCCC(CCC)C(N)=O.Cl.Cl. The molecule has 1 atom stereocenters. The van der Waals surface area contributed by atoms with E-state index in [1.54, 1.807) is 0 Å². The summed E-state index contributed by atoms with van der Waals surface area (Å²) in [6.45, 7) is 4.37. The van der Waals surface area contributed by atoms with E-state index in [-0.39, 0.29) is 36.6 Å². The summed E-state index contributed by atoms with van der Waals surface area (Å²) in [6, 6.07) is 0. The van der Waals surface area contributed by atoms with Crippen LogP contribution in [0.2, 0.25) is 0 Å². The molecule has 1 unspecified atom stereocenters. The molecule has 23 heavy (non-hydrogen) atoms. The maximum absolute atomic E-state index is 11.2. The molecule has 0 radical (unpaired) electrons. The molecule has 0 rings (SSSR count). The molecule has 0 saturated heterocycles. The molecule has 0 bridgehead atoms. The first-order chi connectivity index (χ1) is 10.2. The first kappa shape index (κ1) is 27.6. The van der Waals surface area contributed by atoms with E-state index in [9.17, 15) is 4.79 Å². The lowest BCUT2D eigenvalue weighted by atomic mass is 9.97. The zero-order chi connectivity index (χ0) is 15.8. The summed E-state index contributed by atoms with van der Waals surface area (Å²) in [5.74, 6) is -0.0592. The minimum atomic E-state index is -0.131. The summed E-state index contributed by atoms with van der Waals surface area (Å²) >= 11 is 0. The van der Waals surface area contributed by atoms with Gasteiger partial charge in [0.25, 0.3) is 0 Å². The fraction of sp³-hybridized carbons (Fsp3) is 0.842. The van der Waals surface area contributed by atoms with Gasteiger partial charge in [0.1, 0.15) is 0 Å². The van der Waals surface area contributed by atoms with E-state index < -0.39 is 0 Å². The van der Waals surface area contributed by atoms with Gasteiger partial charge in [-0.25, -0.2) is 0 Å². The Morgan fingerprint density at radius 1 is 0.783 bits per heavy atom. The number of rotatable bonds is 15. The maximum atomic E-state index is 11.2. The number of hydrogen-bond acceptors (Lipinski definition) is 1. The van der Waals surface area contributed by atoms with Crippen LogP contribution in [-0.2, 0) is 4.79 Å². The monoisotopic (exact) mass is 367 g/mol. The Bertz CT molecular complexity index is 270. The molecule has 0 heterocycles. The van der Waals surface area contributed by atoms with E-state index in [4.69, 9.17) is 5.73 Å². The van der Waals surface area contributed by atoms with Gasteiger partial charge in [-0.2, -0.15) is 0 Å². The van der Waals surface area contributed by atoms with Crippen molar-refractivity contribution in [3.8, 4) is 0 Å². The molecule has 0 spiro atoms. The van der Waals surface area contributed by atoms with Gasteiger partial charge in [-0.05, 0) is 32.1 Å². The molecule has 0 fully saturated rings. The Labute approximate surface area is 156 Å². The second-order valence-corrected chi connectivity index (χ2v) is 6.20. The summed E-state index contributed by atoms with van der Waals surface area (Å²) in [4.78, 5) is 11.2. The highest BCUT2D eigenvalue weighted by atomic mass is 35.5. The average molecular weight is 368 g/mol. The summed E-state index contributed by atoms with van der Waals surface area (Å²) in [6.07, 6.45) is 20.6. The predicted octanol–water partition coefficient (Wildman–Crippen LogP) is 6.60. The smallest absolute Gasteiger partial charge is 0.220 e. The molecule has 0 aliphatic rings. The van der Waals surface area contributed by atoms with Crippen LogP contribution in [0.15, 0.2) is 12.2 Å². The number of allylic oxidation sites excluding steroid dienone is 2. The van der Waals surface area contributed by atoms with Crippen molar-refractivity contribution >= 4 is 30.7 Å². The molecule has 0 aromatic heterocycles. The Morgan fingerprint density at radius 2 is 1.30 bits per heavy atom. The first-order valence-electron chi connectivity index (χ1n) is 9.16. The van der Waals surface area contributed by atoms with Gasteiger partial charge in [-0.3, -0.25) is 4.79 Å². The number of carbonyl (C=O) groups excluding carboxylic acids is 1. The van der Waals surface area contributed by atoms with E-state index in [0.29, 0.717) is 0 Å². The standard InChI is InChI=1S/C19H37NO.2ClH/c1-3-5-6-7-8-9-10-11-12-13-14-15-17-18(16-4-2)19(20)21;;/h13-14,18H,3-12,15-17H2,1-2H3,(H2,20,21);2*1H. The van der Waals surface area contributed by atoms with Gasteiger partial charge in [-0.15, -0.1) is 24.8 Å². The third kappa shape index (κ3) is 19.7. The van der Waals surface area contributed by atoms with Crippen LogP contribution in [-0.4, -0.2) is 5.91 Å². The summed E-state index contributed by atoms with van der Waals surface area (Å²) in [5.41, 5.74) is 5.40. The molecule has 1 amide bonds. The van der Waals surface area contributed by atoms with Gasteiger partial charge in [0, 0.05) is 5.92 Å². The van der Waals surface area contributed by atoms with E-state index in [0.717, 1.165) is 25.7 Å². The quantitative estimate of drug-likeness (QED) is 0.257. The van der Waals surface area contributed by atoms with Gasteiger partial charge < -0.3 is 5.73 Å². The van der Waals surface area contributed by atoms with Gasteiger partial charge in [0.2, 0.25) is 5.91 Å². The van der Waals surface area contributed by atoms with E-state index in [2.05, 4.69) is 26.0 Å². The Kier molecular flexibility index (Phi) is 26.2. The first-order valence-corrected chi connectivity index (χ1v) is 9.16. The molecule has 0 aliphatic heterocycles. The molecule has 2 N–H and O–H groups in total. The molecule has 0 aromatic rings. The van der Waals surface area contributed by atoms with Crippen molar-refractivity contribution in [2.24, 2.45) is 11.7 Å². The normalized spacial score (nSPS) is 11.7. The molecule has 2 nitrogen and oxygen atoms in total. The maximum Gasteiger partial charge on any atom is 0.220 e. The number of halogens is 2. The van der Waals surface area contributed by atoms with Crippen molar-refractivity contribution in [1.29, 1.82) is 0 Å². The molecular formula is C19H39Cl2NO. The van der Waals surface area contributed by atoms with Gasteiger partial charge in [0.05, 0.1) is 0 Å². The fourth-order valence-electron chi connectivity index (χ4n) is 2.71. The van der Waals surface area contributed by atoms with Crippen LogP contribution >= 0.6 is 24.8 Å². The average Bonchev–Trinajstić information content (AvgIpc) is 2.47. The van der Waals surface area contributed by atoms with Crippen molar-refractivity contribution in [1.82, 2.24) is 0 Å². The third-order valence-corrected chi connectivity index (χ3v) is 4.11. The minimum absolute atomic E-state index is 0. The van der Waals surface area contributed by atoms with Crippen LogP contribution in [0.4, 0.5) is 0 Å². The second kappa shape index (κ2) is 21.8. The van der Waals surface area contributed by atoms with Crippen LogP contribution in [0.5, 0.6) is 0 Å². The molecule has 4 heteroatoms. The largest absolute Gasteiger partial charge is 0.369 e. The molecule has 140 valence electrons. The zero-order valence-corrected chi connectivity index (χ0v) is 16.9. The van der Waals surface area contributed by atoms with Crippen LogP contribution < -0.4 is 5.73 Å². The van der Waals surface area contributed by atoms with Crippen molar-refractivity contribution in [2.75, 3.05) is 0 Å². The highest BCUT2D eigenvalue weighted by Gasteiger charge is 2.12. The second-order valence-electron chi connectivity index (χ2n) is 6.20. The van der Waals surface area contributed by atoms with Crippen LogP contribution in [0.3, 0.4) is 0 Å². The van der Waals surface area contributed by atoms with E-state index >= 15 is 0 Å². The summed E-state index contributed by atoms with van der Waals surface area (Å²) < 4.78 is 0. The van der Waals surface area contributed by atoms with E-state index in [1.165, 1.54) is 57.8 Å². The van der Waals surface area contributed by atoms with Crippen molar-refractivity contribution < 1.29 is 4.79 Å². The lowest BCUT2D eigenvalue weighted by Crippen LogP contribution is -2.22.